The Kier molecular flexibility index (Phi) is 8.43. The molecule has 1 aliphatic heterocycles. The minimum atomic E-state index is 0.436. The van der Waals surface area contributed by atoms with E-state index in [0.717, 1.165) is 12.6 Å². The fraction of sp³-hybridized carbons (Fsp3) is 1.00. The van der Waals surface area contributed by atoms with Crippen molar-refractivity contribution in [1.82, 2.24) is 10.6 Å². The van der Waals surface area contributed by atoms with E-state index in [1.165, 1.54) is 51.5 Å². The molecule has 0 bridgehead atoms. The lowest BCUT2D eigenvalue weighted by atomic mass is 10.00. The first-order chi connectivity index (χ1) is 9.15. The Morgan fingerprint density at radius 3 is 2.63 bits per heavy atom. The number of hydrogen-bond donors (Lipinski definition) is 2. The second kappa shape index (κ2) is 9.25. The molecule has 2 atom stereocenters. The monoisotopic (exact) mass is 286 g/mol. The van der Waals surface area contributed by atoms with Gasteiger partial charge < -0.3 is 10.6 Å². The molecule has 0 aromatic rings. The van der Waals surface area contributed by atoms with Gasteiger partial charge in [0.25, 0.3) is 0 Å². The third-order valence-corrected chi connectivity index (χ3v) is 6.38. The van der Waals surface area contributed by atoms with E-state index in [-0.39, 0.29) is 0 Å². The molecule has 0 aromatic heterocycles. The van der Waals surface area contributed by atoms with Crippen molar-refractivity contribution in [2.45, 2.75) is 82.5 Å². The van der Waals surface area contributed by atoms with Crippen molar-refractivity contribution in [3.05, 3.63) is 0 Å². The molecule has 1 saturated heterocycles. The Balaban J connectivity index is 2.31. The number of nitrogens with one attached hydrogen (secondary N) is 2. The molecule has 1 heterocycles. The first-order valence-electron chi connectivity index (χ1n) is 8.17. The highest BCUT2D eigenvalue weighted by molar-refractivity contribution is 8.00. The maximum atomic E-state index is 3.78. The Hall–Kier alpha value is 0.270. The molecule has 0 radical (unpaired) electrons. The minimum Gasteiger partial charge on any atom is -0.314 e. The maximum absolute atomic E-state index is 3.78. The largest absolute Gasteiger partial charge is 0.314 e. The maximum Gasteiger partial charge on any atom is 0.0276 e. The lowest BCUT2D eigenvalue weighted by Gasteiger charge is -2.32. The van der Waals surface area contributed by atoms with Crippen LogP contribution in [0.4, 0.5) is 0 Å². The van der Waals surface area contributed by atoms with Crippen molar-refractivity contribution in [3.8, 4) is 0 Å². The lowest BCUT2D eigenvalue weighted by Crippen LogP contribution is -2.43. The van der Waals surface area contributed by atoms with Gasteiger partial charge >= 0.3 is 0 Å². The minimum absolute atomic E-state index is 0.436. The molecule has 114 valence electrons. The average molecular weight is 287 g/mol. The van der Waals surface area contributed by atoms with E-state index in [0.29, 0.717) is 10.8 Å². The smallest absolute Gasteiger partial charge is 0.0276 e. The summed E-state index contributed by atoms with van der Waals surface area (Å²) in [6.07, 6.45) is 11.6. The molecule has 2 unspecified atom stereocenters. The Labute approximate surface area is 124 Å². The Morgan fingerprint density at radius 1 is 1.26 bits per heavy atom. The summed E-state index contributed by atoms with van der Waals surface area (Å²) in [6, 6.07) is 1.36. The van der Waals surface area contributed by atoms with Crippen LogP contribution in [0.3, 0.4) is 0 Å². The number of rotatable bonds is 8. The van der Waals surface area contributed by atoms with Crippen LogP contribution < -0.4 is 10.6 Å². The molecule has 0 aromatic carbocycles. The zero-order valence-corrected chi connectivity index (χ0v) is 14.2. The van der Waals surface area contributed by atoms with Crippen molar-refractivity contribution in [3.63, 3.8) is 0 Å². The highest BCUT2D eigenvalue weighted by Crippen LogP contribution is 2.29. The zero-order valence-electron chi connectivity index (χ0n) is 13.4. The predicted octanol–water partition coefficient (Wildman–Crippen LogP) is 3.81. The van der Waals surface area contributed by atoms with Crippen LogP contribution in [0.2, 0.25) is 0 Å². The van der Waals surface area contributed by atoms with Crippen LogP contribution in [0.5, 0.6) is 0 Å². The van der Waals surface area contributed by atoms with Crippen LogP contribution in [0.25, 0.3) is 0 Å². The summed E-state index contributed by atoms with van der Waals surface area (Å²) in [4.78, 5) is 0. The van der Waals surface area contributed by atoms with E-state index < -0.39 is 0 Å². The van der Waals surface area contributed by atoms with Crippen LogP contribution in [-0.2, 0) is 0 Å². The van der Waals surface area contributed by atoms with Crippen LogP contribution >= 0.6 is 11.8 Å². The summed E-state index contributed by atoms with van der Waals surface area (Å²) >= 11 is 2.03. The van der Waals surface area contributed by atoms with E-state index >= 15 is 0 Å². The summed E-state index contributed by atoms with van der Waals surface area (Å²) in [7, 11) is 0. The van der Waals surface area contributed by atoms with Crippen molar-refractivity contribution in [1.29, 1.82) is 0 Å². The normalized spacial score (nSPS) is 23.1. The molecule has 0 amide bonds. The molecule has 2 N–H and O–H groups in total. The van der Waals surface area contributed by atoms with Gasteiger partial charge in [0.2, 0.25) is 0 Å². The highest BCUT2D eigenvalue weighted by atomic mass is 32.2. The highest BCUT2D eigenvalue weighted by Gasteiger charge is 2.25. The van der Waals surface area contributed by atoms with Crippen molar-refractivity contribution >= 4 is 11.8 Å². The van der Waals surface area contributed by atoms with Gasteiger partial charge in [0.15, 0.2) is 0 Å². The molecular formula is C16H34N2S. The van der Waals surface area contributed by atoms with Gasteiger partial charge in [-0.15, -0.1) is 0 Å². The van der Waals surface area contributed by atoms with Crippen molar-refractivity contribution in [2.24, 2.45) is 0 Å². The molecule has 1 fully saturated rings. The molecule has 0 aliphatic carbocycles. The number of hydrogen-bond acceptors (Lipinski definition) is 3. The van der Waals surface area contributed by atoms with Crippen molar-refractivity contribution in [2.75, 3.05) is 19.3 Å². The lowest BCUT2D eigenvalue weighted by molar-refractivity contribution is 0.381. The quantitative estimate of drug-likeness (QED) is 0.709. The van der Waals surface area contributed by atoms with E-state index in [2.05, 4.69) is 37.7 Å². The fourth-order valence-electron chi connectivity index (χ4n) is 3.03. The summed E-state index contributed by atoms with van der Waals surface area (Å²) in [5.41, 5.74) is 0. The molecule has 1 rings (SSSR count). The predicted molar refractivity (Wildman–Crippen MR) is 89.2 cm³/mol. The van der Waals surface area contributed by atoms with Gasteiger partial charge in [-0.2, -0.15) is 11.8 Å². The molecule has 3 heteroatoms. The molecule has 2 nitrogen and oxygen atoms in total. The van der Waals surface area contributed by atoms with Crippen LogP contribution in [0.15, 0.2) is 0 Å². The third kappa shape index (κ3) is 6.05. The molecule has 19 heavy (non-hydrogen) atoms. The molecule has 1 aliphatic rings. The van der Waals surface area contributed by atoms with Crippen LogP contribution in [-0.4, -0.2) is 36.2 Å². The van der Waals surface area contributed by atoms with Gasteiger partial charge in [-0.1, -0.05) is 26.7 Å². The van der Waals surface area contributed by atoms with Crippen LogP contribution in [0, 0.1) is 0 Å². The van der Waals surface area contributed by atoms with Gasteiger partial charge in [-0.05, 0) is 51.8 Å². The SMILES string of the molecule is CCC(CC)(CNC(C)CC1CCCCCN1)SC. The van der Waals surface area contributed by atoms with Crippen LogP contribution in [0.1, 0.15) is 65.7 Å². The second-order valence-corrected chi connectivity index (χ2v) is 7.39. The van der Waals surface area contributed by atoms with Gasteiger partial charge in [-0.3, -0.25) is 0 Å². The molecular weight excluding hydrogens is 252 g/mol. The topological polar surface area (TPSA) is 24.1 Å². The summed E-state index contributed by atoms with van der Waals surface area (Å²) in [5.74, 6) is 0. The van der Waals surface area contributed by atoms with Gasteiger partial charge in [0.1, 0.15) is 0 Å². The molecule has 0 spiro atoms. The van der Waals surface area contributed by atoms with Crippen molar-refractivity contribution < 1.29 is 0 Å². The first-order valence-corrected chi connectivity index (χ1v) is 9.40. The Morgan fingerprint density at radius 2 is 2.00 bits per heavy atom. The van der Waals surface area contributed by atoms with Gasteiger partial charge in [0.05, 0.1) is 0 Å². The fourth-order valence-corrected chi connectivity index (χ4v) is 3.84. The second-order valence-electron chi connectivity index (χ2n) is 6.11. The summed E-state index contributed by atoms with van der Waals surface area (Å²) in [5, 5.41) is 7.49. The average Bonchev–Trinajstić information content (AvgIpc) is 2.70. The first kappa shape index (κ1) is 17.3. The van der Waals surface area contributed by atoms with E-state index in [4.69, 9.17) is 0 Å². The zero-order chi connectivity index (χ0) is 14.1. The van der Waals surface area contributed by atoms with E-state index in [1.807, 2.05) is 11.8 Å². The Bertz CT molecular complexity index is 213. The standard InChI is InChI=1S/C16H34N2S/c1-5-16(6-2,19-4)13-18-14(3)12-15-10-8-7-9-11-17-15/h14-15,17-18H,5-13H2,1-4H3. The van der Waals surface area contributed by atoms with E-state index in [1.54, 1.807) is 0 Å². The number of thioether (sulfide) groups is 1. The van der Waals surface area contributed by atoms with Gasteiger partial charge in [-0.25, -0.2) is 0 Å². The molecule has 0 saturated carbocycles. The summed E-state index contributed by atoms with van der Waals surface area (Å²) < 4.78 is 0.436. The third-order valence-electron chi connectivity index (χ3n) is 4.79. The van der Waals surface area contributed by atoms with Gasteiger partial charge in [0, 0.05) is 23.4 Å². The van der Waals surface area contributed by atoms with E-state index in [9.17, 15) is 0 Å². The summed E-state index contributed by atoms with van der Waals surface area (Å²) in [6.45, 7) is 9.35.